The van der Waals surface area contributed by atoms with Gasteiger partial charge in [-0.25, -0.2) is 0 Å². The number of nitrogens with one attached hydrogen (secondary N) is 1. The lowest BCUT2D eigenvalue weighted by atomic mass is 10.2. The van der Waals surface area contributed by atoms with E-state index in [0.29, 0.717) is 10.0 Å². The first-order chi connectivity index (χ1) is 9.02. The Kier molecular flexibility index (Phi) is 4.76. The Morgan fingerprint density at radius 3 is 2.74 bits per heavy atom. The zero-order valence-electron chi connectivity index (χ0n) is 10.6. The molecule has 2 aromatic rings. The summed E-state index contributed by atoms with van der Waals surface area (Å²) >= 11 is 15.7. The van der Waals surface area contributed by atoms with Crippen molar-refractivity contribution in [3.63, 3.8) is 0 Å². The van der Waals surface area contributed by atoms with Crippen LogP contribution in [0.1, 0.15) is 25.5 Å². The van der Waals surface area contributed by atoms with Gasteiger partial charge < -0.3 is 5.32 Å². The fourth-order valence-corrected chi connectivity index (χ4v) is 2.56. The van der Waals surface area contributed by atoms with Crippen molar-refractivity contribution in [1.82, 2.24) is 9.78 Å². The van der Waals surface area contributed by atoms with Gasteiger partial charge >= 0.3 is 0 Å². The summed E-state index contributed by atoms with van der Waals surface area (Å²) in [5, 5.41) is 8.64. The lowest BCUT2D eigenvalue weighted by Crippen LogP contribution is -2.06. The van der Waals surface area contributed by atoms with E-state index < -0.39 is 0 Å². The third kappa shape index (κ3) is 3.25. The largest absolute Gasteiger partial charge is 0.377 e. The summed E-state index contributed by atoms with van der Waals surface area (Å²) in [5.41, 5.74) is 1.92. The molecule has 0 aliphatic heterocycles. The van der Waals surface area contributed by atoms with Gasteiger partial charge in [-0.2, -0.15) is 5.10 Å². The molecule has 1 unspecified atom stereocenters. The van der Waals surface area contributed by atoms with Crippen molar-refractivity contribution in [3.8, 4) is 0 Å². The van der Waals surface area contributed by atoms with Gasteiger partial charge in [0.2, 0.25) is 0 Å². The zero-order chi connectivity index (χ0) is 14.0. The number of hydrogen-bond donors (Lipinski definition) is 1. The van der Waals surface area contributed by atoms with Gasteiger partial charge in [-0.1, -0.05) is 23.2 Å². The van der Waals surface area contributed by atoms with Crippen LogP contribution in [0.15, 0.2) is 29.0 Å². The molecular weight excluding hydrogens is 349 g/mol. The van der Waals surface area contributed by atoms with Crippen LogP contribution < -0.4 is 5.32 Å². The quantitative estimate of drug-likeness (QED) is 0.762. The van der Waals surface area contributed by atoms with Crippen LogP contribution in [0.25, 0.3) is 0 Å². The molecule has 102 valence electrons. The minimum atomic E-state index is 0.107. The van der Waals surface area contributed by atoms with Crippen LogP contribution in [0.2, 0.25) is 10.0 Å². The van der Waals surface area contributed by atoms with Gasteiger partial charge in [-0.05, 0) is 41.9 Å². The Bertz CT molecular complexity index is 583. The number of nitrogens with zero attached hydrogens (tertiary/aromatic N) is 2. The van der Waals surface area contributed by atoms with Crippen LogP contribution >= 0.6 is 39.1 Å². The summed E-state index contributed by atoms with van der Waals surface area (Å²) < 4.78 is 2.68. The van der Waals surface area contributed by atoms with E-state index >= 15 is 0 Å². The molecule has 6 heteroatoms. The molecule has 2 rings (SSSR count). The predicted molar refractivity (Wildman–Crippen MR) is 84.1 cm³/mol. The maximum Gasteiger partial charge on any atom is 0.0835 e. The van der Waals surface area contributed by atoms with Gasteiger partial charge in [-0.3, -0.25) is 4.68 Å². The van der Waals surface area contributed by atoms with Gasteiger partial charge in [0.15, 0.2) is 0 Å². The number of halogens is 3. The van der Waals surface area contributed by atoms with Crippen LogP contribution in [0.4, 0.5) is 5.69 Å². The fourth-order valence-electron chi connectivity index (χ4n) is 1.73. The molecule has 1 aromatic heterocycles. The maximum atomic E-state index is 6.22. The molecule has 0 spiro atoms. The minimum Gasteiger partial charge on any atom is -0.377 e. The predicted octanol–water partition coefficient (Wildman–Crippen LogP) is 5.15. The van der Waals surface area contributed by atoms with Crippen molar-refractivity contribution < 1.29 is 0 Å². The molecule has 0 amide bonds. The van der Waals surface area contributed by atoms with Crippen molar-refractivity contribution in [1.29, 1.82) is 0 Å². The van der Waals surface area contributed by atoms with Crippen molar-refractivity contribution >= 4 is 44.8 Å². The van der Waals surface area contributed by atoms with E-state index in [4.69, 9.17) is 23.2 Å². The van der Waals surface area contributed by atoms with Crippen molar-refractivity contribution in [2.24, 2.45) is 0 Å². The Balaban J connectivity index is 2.19. The molecule has 1 aromatic carbocycles. The highest BCUT2D eigenvalue weighted by Crippen LogP contribution is 2.37. The first-order valence-corrected chi connectivity index (χ1v) is 7.50. The third-order valence-electron chi connectivity index (χ3n) is 2.88. The highest BCUT2D eigenvalue weighted by molar-refractivity contribution is 9.10. The van der Waals surface area contributed by atoms with E-state index in [1.807, 2.05) is 29.2 Å². The molecule has 0 aliphatic rings. The Morgan fingerprint density at radius 1 is 1.37 bits per heavy atom. The monoisotopic (exact) mass is 361 g/mol. The summed E-state index contributed by atoms with van der Waals surface area (Å²) in [5.74, 6) is 0. The molecule has 0 saturated carbocycles. The van der Waals surface area contributed by atoms with Crippen LogP contribution in [0.3, 0.4) is 0 Å². The molecule has 3 nitrogen and oxygen atoms in total. The number of benzene rings is 1. The average molecular weight is 363 g/mol. The smallest absolute Gasteiger partial charge is 0.0835 e. The third-order valence-corrected chi connectivity index (χ3v) is 4.66. The average Bonchev–Trinajstić information content (AvgIpc) is 2.88. The molecule has 0 radical (unpaired) electrons. The Morgan fingerprint density at radius 2 is 2.11 bits per heavy atom. The Hall–Kier alpha value is -0.710. The minimum absolute atomic E-state index is 0.107. The summed E-state index contributed by atoms with van der Waals surface area (Å²) in [6.45, 7) is 4.97. The number of aryl methyl sites for hydroxylation is 1. The van der Waals surface area contributed by atoms with Gasteiger partial charge in [0.1, 0.15) is 0 Å². The van der Waals surface area contributed by atoms with Crippen LogP contribution in [-0.2, 0) is 6.54 Å². The molecule has 1 atom stereocenters. The van der Waals surface area contributed by atoms with E-state index in [-0.39, 0.29) is 6.04 Å². The topological polar surface area (TPSA) is 29.9 Å². The molecule has 0 saturated heterocycles. The lowest BCUT2D eigenvalue weighted by molar-refractivity contribution is 0.658. The molecule has 1 N–H and O–H groups in total. The first kappa shape index (κ1) is 14.7. The summed E-state index contributed by atoms with van der Waals surface area (Å²) in [6.07, 6.45) is 3.88. The zero-order valence-corrected chi connectivity index (χ0v) is 13.7. The summed E-state index contributed by atoms with van der Waals surface area (Å²) in [7, 11) is 0. The second kappa shape index (κ2) is 6.16. The van der Waals surface area contributed by atoms with Gasteiger partial charge in [-0.15, -0.1) is 0 Å². The normalized spacial score (nSPS) is 12.5. The second-order valence-electron chi connectivity index (χ2n) is 4.22. The van der Waals surface area contributed by atoms with Crippen LogP contribution in [0, 0.1) is 0 Å². The molecule has 19 heavy (non-hydrogen) atoms. The first-order valence-electron chi connectivity index (χ1n) is 5.95. The van der Waals surface area contributed by atoms with Crippen LogP contribution in [0.5, 0.6) is 0 Å². The number of hydrogen-bond acceptors (Lipinski definition) is 2. The van der Waals surface area contributed by atoms with Gasteiger partial charge in [0, 0.05) is 22.8 Å². The van der Waals surface area contributed by atoms with E-state index in [9.17, 15) is 0 Å². The number of aromatic nitrogens is 2. The Labute approximate surface area is 131 Å². The maximum absolute atomic E-state index is 6.22. The van der Waals surface area contributed by atoms with Gasteiger partial charge in [0.05, 0.1) is 28.0 Å². The summed E-state index contributed by atoms with van der Waals surface area (Å²) in [4.78, 5) is 0. The molecule has 0 bridgehead atoms. The van der Waals surface area contributed by atoms with Crippen molar-refractivity contribution in [3.05, 3.63) is 44.6 Å². The highest BCUT2D eigenvalue weighted by atomic mass is 79.9. The molecule has 0 fully saturated rings. The van der Waals surface area contributed by atoms with E-state index in [0.717, 1.165) is 22.3 Å². The fraction of sp³-hybridized carbons (Fsp3) is 0.308. The van der Waals surface area contributed by atoms with E-state index in [1.54, 1.807) is 0 Å². The SMILES string of the molecule is CCn1cc(C(C)Nc2ccc(Br)c(Cl)c2Cl)cn1. The van der Waals surface area contributed by atoms with Crippen LogP contribution in [-0.4, -0.2) is 9.78 Å². The molecular formula is C13H14BrCl2N3. The second-order valence-corrected chi connectivity index (χ2v) is 5.83. The lowest BCUT2D eigenvalue weighted by Gasteiger charge is -2.16. The highest BCUT2D eigenvalue weighted by Gasteiger charge is 2.12. The standard InChI is InChI=1S/C13H14BrCl2N3/c1-3-19-7-9(6-17-19)8(2)18-11-5-4-10(14)12(15)13(11)16/h4-8,18H,3H2,1-2H3. The number of rotatable bonds is 4. The van der Waals surface area contributed by atoms with Gasteiger partial charge in [0.25, 0.3) is 0 Å². The van der Waals surface area contributed by atoms with Crippen molar-refractivity contribution in [2.75, 3.05) is 5.32 Å². The molecule has 1 heterocycles. The number of anilines is 1. The van der Waals surface area contributed by atoms with E-state index in [2.05, 4.69) is 40.2 Å². The summed E-state index contributed by atoms with van der Waals surface area (Å²) in [6, 6.07) is 3.88. The van der Waals surface area contributed by atoms with Crippen molar-refractivity contribution in [2.45, 2.75) is 26.4 Å². The molecule has 0 aliphatic carbocycles. The van der Waals surface area contributed by atoms with E-state index in [1.165, 1.54) is 0 Å².